The van der Waals surface area contributed by atoms with Crippen LogP contribution >= 0.6 is 0 Å². The van der Waals surface area contributed by atoms with Crippen LogP contribution in [0, 0.1) is 0 Å². The van der Waals surface area contributed by atoms with Crippen molar-refractivity contribution in [3.8, 4) is 0 Å². The summed E-state index contributed by atoms with van der Waals surface area (Å²) in [6.07, 6.45) is 4.11. The molecule has 2 heteroatoms. The maximum absolute atomic E-state index is 3.51. The van der Waals surface area contributed by atoms with Crippen molar-refractivity contribution in [3.63, 3.8) is 0 Å². The average Bonchev–Trinajstić information content (AvgIpc) is 2.51. The van der Waals surface area contributed by atoms with Crippen molar-refractivity contribution in [2.24, 2.45) is 0 Å². The Kier molecular flexibility index (Phi) is 4.90. The van der Waals surface area contributed by atoms with Crippen LogP contribution in [0.2, 0.25) is 0 Å². The fourth-order valence-corrected chi connectivity index (χ4v) is 2.39. The van der Waals surface area contributed by atoms with E-state index in [1.165, 1.54) is 32.4 Å². The molecule has 84 valence electrons. The highest BCUT2D eigenvalue weighted by atomic mass is 15.2. The van der Waals surface area contributed by atoms with Gasteiger partial charge in [-0.3, -0.25) is 4.90 Å². The van der Waals surface area contributed by atoms with Gasteiger partial charge in [0.15, 0.2) is 0 Å². The van der Waals surface area contributed by atoms with Crippen molar-refractivity contribution in [2.45, 2.75) is 65.1 Å². The molecule has 0 aromatic carbocycles. The molecule has 0 spiro atoms. The van der Waals surface area contributed by atoms with Gasteiger partial charge in [-0.05, 0) is 46.2 Å². The number of nitrogens with zero attached hydrogens (tertiary/aromatic N) is 1. The van der Waals surface area contributed by atoms with Crippen LogP contribution in [0.3, 0.4) is 0 Å². The molecule has 1 rings (SSSR count). The van der Waals surface area contributed by atoms with Crippen molar-refractivity contribution >= 4 is 0 Å². The van der Waals surface area contributed by atoms with Crippen molar-refractivity contribution in [2.75, 3.05) is 13.1 Å². The van der Waals surface area contributed by atoms with Gasteiger partial charge in [0.05, 0.1) is 0 Å². The van der Waals surface area contributed by atoms with E-state index in [0.717, 1.165) is 12.1 Å². The van der Waals surface area contributed by atoms with E-state index in [1.54, 1.807) is 0 Å². The molecule has 1 aliphatic rings. The molecule has 1 aliphatic heterocycles. The minimum Gasteiger partial charge on any atom is -0.314 e. The normalized spacial score (nSPS) is 24.0. The zero-order chi connectivity index (χ0) is 10.6. The Morgan fingerprint density at radius 3 is 2.57 bits per heavy atom. The van der Waals surface area contributed by atoms with Gasteiger partial charge >= 0.3 is 0 Å². The monoisotopic (exact) mass is 198 g/mol. The van der Waals surface area contributed by atoms with Gasteiger partial charge in [0, 0.05) is 18.1 Å². The Hall–Kier alpha value is -0.0800. The van der Waals surface area contributed by atoms with E-state index in [4.69, 9.17) is 0 Å². The summed E-state index contributed by atoms with van der Waals surface area (Å²) in [5.74, 6) is 0. The van der Waals surface area contributed by atoms with E-state index in [0.29, 0.717) is 6.04 Å². The second-order valence-electron chi connectivity index (χ2n) is 5.03. The van der Waals surface area contributed by atoms with Crippen LogP contribution in [0.4, 0.5) is 0 Å². The predicted octanol–water partition coefficient (Wildman–Crippen LogP) is 2.25. The standard InChI is InChI=1S/C12H26N2/c1-10(2)13-8-7-12-6-5-9-14(12)11(3)4/h10-13H,5-9H2,1-4H3/t12-/m1/s1. The van der Waals surface area contributed by atoms with Crippen LogP contribution in [0.5, 0.6) is 0 Å². The fraction of sp³-hybridized carbons (Fsp3) is 1.00. The quantitative estimate of drug-likeness (QED) is 0.729. The Morgan fingerprint density at radius 1 is 1.29 bits per heavy atom. The first-order valence-electron chi connectivity index (χ1n) is 6.10. The molecule has 0 aliphatic carbocycles. The lowest BCUT2D eigenvalue weighted by Crippen LogP contribution is -2.38. The van der Waals surface area contributed by atoms with Crippen molar-refractivity contribution in [1.82, 2.24) is 10.2 Å². The Bertz CT molecular complexity index is 154. The molecule has 1 fully saturated rings. The number of hydrogen-bond donors (Lipinski definition) is 1. The minimum atomic E-state index is 0.629. The van der Waals surface area contributed by atoms with Crippen molar-refractivity contribution in [1.29, 1.82) is 0 Å². The second kappa shape index (κ2) is 5.72. The van der Waals surface area contributed by atoms with Gasteiger partial charge in [0.1, 0.15) is 0 Å². The van der Waals surface area contributed by atoms with Gasteiger partial charge in [-0.15, -0.1) is 0 Å². The average molecular weight is 198 g/mol. The molecule has 0 aromatic rings. The molecule has 0 bridgehead atoms. The van der Waals surface area contributed by atoms with E-state index < -0.39 is 0 Å². The Labute approximate surface area is 89.1 Å². The highest BCUT2D eigenvalue weighted by Gasteiger charge is 2.25. The van der Waals surface area contributed by atoms with Gasteiger partial charge in [-0.25, -0.2) is 0 Å². The molecular weight excluding hydrogens is 172 g/mol. The summed E-state index contributed by atoms with van der Waals surface area (Å²) in [5.41, 5.74) is 0. The Balaban J connectivity index is 2.22. The van der Waals surface area contributed by atoms with Gasteiger partial charge in [0.25, 0.3) is 0 Å². The van der Waals surface area contributed by atoms with Gasteiger partial charge < -0.3 is 5.32 Å². The van der Waals surface area contributed by atoms with E-state index in [-0.39, 0.29) is 0 Å². The predicted molar refractivity (Wildman–Crippen MR) is 62.6 cm³/mol. The molecule has 1 saturated heterocycles. The molecule has 0 radical (unpaired) electrons. The van der Waals surface area contributed by atoms with Crippen LogP contribution in [0.1, 0.15) is 47.0 Å². The van der Waals surface area contributed by atoms with Gasteiger partial charge in [-0.1, -0.05) is 13.8 Å². The largest absolute Gasteiger partial charge is 0.314 e. The molecule has 1 N–H and O–H groups in total. The molecule has 1 heterocycles. The third kappa shape index (κ3) is 3.58. The summed E-state index contributed by atoms with van der Waals surface area (Å²) < 4.78 is 0. The molecule has 14 heavy (non-hydrogen) atoms. The topological polar surface area (TPSA) is 15.3 Å². The van der Waals surface area contributed by atoms with Crippen LogP contribution in [0.25, 0.3) is 0 Å². The highest BCUT2D eigenvalue weighted by molar-refractivity contribution is 4.81. The van der Waals surface area contributed by atoms with Gasteiger partial charge in [-0.2, -0.15) is 0 Å². The first-order chi connectivity index (χ1) is 6.61. The number of rotatable bonds is 5. The highest BCUT2D eigenvalue weighted by Crippen LogP contribution is 2.21. The third-order valence-electron chi connectivity index (χ3n) is 3.12. The lowest BCUT2D eigenvalue weighted by molar-refractivity contribution is 0.194. The maximum Gasteiger partial charge on any atom is 0.0110 e. The smallest absolute Gasteiger partial charge is 0.0110 e. The fourth-order valence-electron chi connectivity index (χ4n) is 2.39. The van der Waals surface area contributed by atoms with E-state index in [1.807, 2.05) is 0 Å². The van der Waals surface area contributed by atoms with Crippen LogP contribution in [-0.4, -0.2) is 36.1 Å². The summed E-state index contributed by atoms with van der Waals surface area (Å²) in [4.78, 5) is 2.65. The minimum absolute atomic E-state index is 0.629. The van der Waals surface area contributed by atoms with Crippen LogP contribution in [0.15, 0.2) is 0 Å². The molecule has 0 amide bonds. The summed E-state index contributed by atoms with van der Waals surface area (Å²) in [5, 5.41) is 3.51. The van der Waals surface area contributed by atoms with Crippen LogP contribution in [-0.2, 0) is 0 Å². The zero-order valence-corrected chi connectivity index (χ0v) is 10.2. The van der Waals surface area contributed by atoms with E-state index in [2.05, 4.69) is 37.9 Å². The SMILES string of the molecule is CC(C)NCC[C@H]1CCCN1C(C)C. The number of likely N-dealkylation sites (tertiary alicyclic amines) is 1. The summed E-state index contributed by atoms with van der Waals surface area (Å²) in [6, 6.07) is 2.19. The van der Waals surface area contributed by atoms with Crippen molar-refractivity contribution < 1.29 is 0 Å². The molecule has 0 unspecified atom stereocenters. The lowest BCUT2D eigenvalue weighted by Gasteiger charge is -2.28. The molecule has 0 aromatic heterocycles. The first-order valence-corrected chi connectivity index (χ1v) is 6.10. The van der Waals surface area contributed by atoms with E-state index in [9.17, 15) is 0 Å². The Morgan fingerprint density at radius 2 is 2.00 bits per heavy atom. The van der Waals surface area contributed by atoms with Gasteiger partial charge in [0.2, 0.25) is 0 Å². The summed E-state index contributed by atoms with van der Waals surface area (Å²) in [6.45, 7) is 11.5. The summed E-state index contributed by atoms with van der Waals surface area (Å²) >= 11 is 0. The molecule has 2 nitrogen and oxygen atoms in total. The zero-order valence-electron chi connectivity index (χ0n) is 10.2. The lowest BCUT2D eigenvalue weighted by atomic mass is 10.1. The maximum atomic E-state index is 3.51. The second-order valence-corrected chi connectivity index (χ2v) is 5.03. The third-order valence-corrected chi connectivity index (χ3v) is 3.12. The summed E-state index contributed by atoms with van der Waals surface area (Å²) in [7, 11) is 0. The van der Waals surface area contributed by atoms with Crippen LogP contribution < -0.4 is 5.32 Å². The van der Waals surface area contributed by atoms with Crippen molar-refractivity contribution in [3.05, 3.63) is 0 Å². The van der Waals surface area contributed by atoms with E-state index >= 15 is 0 Å². The number of nitrogens with one attached hydrogen (secondary N) is 1. The number of hydrogen-bond acceptors (Lipinski definition) is 2. The molecule has 0 saturated carbocycles. The first kappa shape index (κ1) is 12.0. The molecular formula is C12H26N2. The molecule has 1 atom stereocenters.